The molecular formula is C17H24Cl2N4O2. The number of benzene rings is 1. The molecule has 8 heteroatoms. The number of amides is 1. The van der Waals surface area contributed by atoms with Crippen molar-refractivity contribution in [2.75, 3.05) is 25.4 Å². The van der Waals surface area contributed by atoms with Gasteiger partial charge in [0.1, 0.15) is 0 Å². The van der Waals surface area contributed by atoms with Crippen LogP contribution in [-0.2, 0) is 11.3 Å². The fourth-order valence-electron chi connectivity index (χ4n) is 2.92. The van der Waals surface area contributed by atoms with Crippen molar-refractivity contribution in [3.8, 4) is 0 Å². The number of aromatic nitrogens is 2. The van der Waals surface area contributed by atoms with Crippen molar-refractivity contribution < 1.29 is 9.53 Å². The highest BCUT2D eigenvalue weighted by Gasteiger charge is 2.26. The topological polar surface area (TPSA) is 73.4 Å². The molecule has 1 aliphatic rings. The smallest absolute Gasteiger partial charge is 0.254 e. The van der Waals surface area contributed by atoms with Crippen molar-refractivity contribution in [3.05, 3.63) is 47.3 Å². The van der Waals surface area contributed by atoms with Gasteiger partial charge in [-0.3, -0.25) is 9.48 Å². The Labute approximate surface area is 160 Å². The lowest BCUT2D eigenvalue weighted by Crippen LogP contribution is -2.47. The first kappa shape index (κ1) is 21.3. The Kier molecular flexibility index (Phi) is 7.73. The number of morpholine rings is 1. The maximum Gasteiger partial charge on any atom is 0.254 e. The summed E-state index contributed by atoms with van der Waals surface area (Å²) < 4.78 is 7.75. The molecule has 0 spiro atoms. The Balaban J connectivity index is 0.00000156. The summed E-state index contributed by atoms with van der Waals surface area (Å²) in [4.78, 5) is 14.4. The number of hydrogen-bond donors (Lipinski definition) is 1. The number of hydrogen-bond acceptors (Lipinski definition) is 4. The van der Waals surface area contributed by atoms with Crippen molar-refractivity contribution in [2.24, 2.45) is 0 Å². The third-order valence-corrected chi connectivity index (χ3v) is 4.04. The van der Waals surface area contributed by atoms with Crippen molar-refractivity contribution in [1.82, 2.24) is 14.7 Å². The van der Waals surface area contributed by atoms with E-state index in [0.717, 1.165) is 11.4 Å². The summed E-state index contributed by atoms with van der Waals surface area (Å²) >= 11 is 0. The van der Waals surface area contributed by atoms with Crippen LogP contribution in [0.15, 0.2) is 30.3 Å². The summed E-state index contributed by atoms with van der Waals surface area (Å²) in [6.45, 7) is 6.35. The van der Waals surface area contributed by atoms with E-state index < -0.39 is 0 Å². The highest BCUT2D eigenvalue weighted by Crippen LogP contribution is 2.15. The van der Waals surface area contributed by atoms with E-state index in [9.17, 15) is 4.79 Å². The highest BCUT2D eigenvalue weighted by atomic mass is 35.5. The van der Waals surface area contributed by atoms with Crippen LogP contribution in [0.25, 0.3) is 0 Å². The van der Waals surface area contributed by atoms with Gasteiger partial charge < -0.3 is 15.4 Å². The number of ether oxygens (including phenoxy) is 1. The Morgan fingerprint density at radius 2 is 2.08 bits per heavy atom. The monoisotopic (exact) mass is 386 g/mol. The fraction of sp³-hybridized carbons (Fsp3) is 0.412. The minimum atomic E-state index is -0.0493. The van der Waals surface area contributed by atoms with Crippen LogP contribution in [0.5, 0.6) is 0 Å². The molecule has 1 unspecified atom stereocenters. The SMILES string of the molecule is Cc1cc(C)n(CC2CN(C(=O)c3cccc(N)c3)CCO2)n1.Cl.Cl. The van der Waals surface area contributed by atoms with E-state index in [1.165, 1.54) is 0 Å². The number of rotatable bonds is 3. The van der Waals surface area contributed by atoms with Gasteiger partial charge in [0.15, 0.2) is 0 Å². The molecule has 1 aliphatic heterocycles. The summed E-state index contributed by atoms with van der Waals surface area (Å²) in [6.07, 6.45) is -0.0493. The lowest BCUT2D eigenvalue weighted by molar-refractivity contribution is -0.0302. The number of halogens is 2. The summed E-state index contributed by atoms with van der Waals surface area (Å²) in [6, 6.07) is 9.13. The molecule has 138 valence electrons. The van der Waals surface area contributed by atoms with Gasteiger partial charge in [-0.1, -0.05) is 6.07 Å². The van der Waals surface area contributed by atoms with Crippen molar-refractivity contribution >= 4 is 36.4 Å². The van der Waals surface area contributed by atoms with Crippen molar-refractivity contribution in [3.63, 3.8) is 0 Å². The van der Waals surface area contributed by atoms with Gasteiger partial charge >= 0.3 is 0 Å². The Bertz CT molecular complexity index is 720. The van der Waals surface area contributed by atoms with E-state index in [1.54, 1.807) is 24.3 Å². The van der Waals surface area contributed by atoms with E-state index in [-0.39, 0.29) is 36.8 Å². The highest BCUT2D eigenvalue weighted by molar-refractivity contribution is 5.95. The number of anilines is 1. The second-order valence-corrected chi connectivity index (χ2v) is 5.98. The van der Waals surface area contributed by atoms with Crippen LogP contribution in [0, 0.1) is 13.8 Å². The van der Waals surface area contributed by atoms with E-state index in [2.05, 4.69) is 5.10 Å². The van der Waals surface area contributed by atoms with Gasteiger partial charge in [0, 0.05) is 30.0 Å². The Hall–Kier alpha value is -1.76. The van der Waals surface area contributed by atoms with Crippen molar-refractivity contribution in [2.45, 2.75) is 26.5 Å². The number of carbonyl (C=O) groups is 1. The number of nitrogen functional groups attached to an aromatic ring is 1. The van der Waals surface area contributed by atoms with Crippen LogP contribution in [0.3, 0.4) is 0 Å². The van der Waals surface area contributed by atoms with Gasteiger partial charge in [-0.15, -0.1) is 24.8 Å². The first-order chi connectivity index (χ1) is 11.0. The second-order valence-electron chi connectivity index (χ2n) is 5.98. The van der Waals surface area contributed by atoms with E-state index >= 15 is 0 Å². The molecule has 1 aromatic carbocycles. The maximum absolute atomic E-state index is 12.6. The lowest BCUT2D eigenvalue weighted by atomic mass is 10.1. The molecule has 3 rings (SSSR count). The number of aryl methyl sites for hydroxylation is 2. The van der Waals surface area contributed by atoms with Crippen LogP contribution >= 0.6 is 24.8 Å². The van der Waals surface area contributed by atoms with Crippen LogP contribution in [0.4, 0.5) is 5.69 Å². The molecule has 0 aliphatic carbocycles. The summed E-state index contributed by atoms with van der Waals surface area (Å²) in [7, 11) is 0. The molecule has 1 aromatic heterocycles. The largest absolute Gasteiger partial charge is 0.399 e. The Morgan fingerprint density at radius 1 is 1.32 bits per heavy atom. The molecule has 1 amide bonds. The molecule has 2 heterocycles. The molecule has 0 radical (unpaired) electrons. The van der Waals surface area contributed by atoms with Gasteiger partial charge in [-0.25, -0.2) is 0 Å². The van der Waals surface area contributed by atoms with Crippen molar-refractivity contribution in [1.29, 1.82) is 0 Å². The third kappa shape index (κ3) is 5.11. The van der Waals surface area contributed by atoms with Crippen LogP contribution < -0.4 is 5.73 Å². The molecule has 2 aromatic rings. The van der Waals surface area contributed by atoms with E-state index in [4.69, 9.17) is 10.5 Å². The zero-order valence-corrected chi connectivity index (χ0v) is 16.0. The minimum Gasteiger partial charge on any atom is -0.399 e. The van der Waals surface area contributed by atoms with Gasteiger partial charge in [-0.2, -0.15) is 5.10 Å². The molecule has 0 bridgehead atoms. The minimum absolute atomic E-state index is 0. The average molecular weight is 387 g/mol. The fourth-order valence-corrected chi connectivity index (χ4v) is 2.92. The molecule has 0 saturated carbocycles. The predicted molar refractivity (Wildman–Crippen MR) is 103 cm³/mol. The molecule has 1 saturated heterocycles. The van der Waals surface area contributed by atoms with Crippen LogP contribution in [0.2, 0.25) is 0 Å². The van der Waals surface area contributed by atoms with Gasteiger partial charge in [0.25, 0.3) is 5.91 Å². The summed E-state index contributed by atoms with van der Waals surface area (Å²) in [5.74, 6) is -0.000956. The summed E-state index contributed by atoms with van der Waals surface area (Å²) in [5.41, 5.74) is 9.08. The zero-order valence-electron chi connectivity index (χ0n) is 14.3. The molecule has 25 heavy (non-hydrogen) atoms. The zero-order chi connectivity index (χ0) is 16.4. The first-order valence-corrected chi connectivity index (χ1v) is 7.80. The maximum atomic E-state index is 12.6. The van der Waals surface area contributed by atoms with E-state index in [0.29, 0.717) is 37.5 Å². The summed E-state index contributed by atoms with van der Waals surface area (Å²) in [5, 5.41) is 4.46. The number of carbonyl (C=O) groups excluding carboxylic acids is 1. The normalized spacial score (nSPS) is 16.7. The standard InChI is InChI=1S/C17H22N4O2.2ClH/c1-12-8-13(2)21(19-12)11-16-10-20(6-7-23-16)17(22)14-4-3-5-15(18)9-14;;/h3-5,8-9,16H,6-7,10-11,18H2,1-2H3;2*1H. The molecular weight excluding hydrogens is 363 g/mol. The average Bonchev–Trinajstić information content (AvgIpc) is 2.84. The number of nitrogens with two attached hydrogens (primary N) is 1. The third-order valence-electron chi connectivity index (χ3n) is 4.04. The van der Waals surface area contributed by atoms with Crippen LogP contribution in [-0.4, -0.2) is 46.4 Å². The van der Waals surface area contributed by atoms with Gasteiger partial charge in [0.05, 0.1) is 24.9 Å². The second kappa shape index (κ2) is 9.08. The van der Waals surface area contributed by atoms with Crippen LogP contribution in [0.1, 0.15) is 21.7 Å². The Morgan fingerprint density at radius 3 is 2.72 bits per heavy atom. The predicted octanol–water partition coefficient (Wildman–Crippen LogP) is 2.47. The number of nitrogens with zero attached hydrogens (tertiary/aromatic N) is 3. The van der Waals surface area contributed by atoms with Gasteiger partial charge in [-0.05, 0) is 38.1 Å². The molecule has 1 fully saturated rings. The van der Waals surface area contributed by atoms with Gasteiger partial charge in [0.2, 0.25) is 0 Å². The molecule has 6 nitrogen and oxygen atoms in total. The molecule has 2 N–H and O–H groups in total. The molecule has 1 atom stereocenters. The quantitative estimate of drug-likeness (QED) is 0.822. The lowest BCUT2D eigenvalue weighted by Gasteiger charge is -2.33. The van der Waals surface area contributed by atoms with E-state index in [1.807, 2.05) is 29.5 Å². The first-order valence-electron chi connectivity index (χ1n) is 7.80.